The van der Waals surface area contributed by atoms with Crippen molar-refractivity contribution < 1.29 is 9.90 Å². The summed E-state index contributed by atoms with van der Waals surface area (Å²) in [5.74, 6) is 0.0244. The summed E-state index contributed by atoms with van der Waals surface area (Å²) in [5, 5.41) is 12.8. The molecular weight excluding hydrogens is 240 g/mol. The number of nitrogens with one attached hydrogen (secondary N) is 1. The van der Waals surface area contributed by atoms with Gasteiger partial charge in [-0.05, 0) is 31.4 Å². The van der Waals surface area contributed by atoms with E-state index in [0.29, 0.717) is 17.8 Å². The number of nitrogen functional groups attached to an aromatic ring is 1. The highest BCUT2D eigenvalue weighted by molar-refractivity contribution is 6.00. The van der Waals surface area contributed by atoms with E-state index >= 15 is 0 Å². The number of aliphatic hydroxyl groups excluding tert-OH is 1. The summed E-state index contributed by atoms with van der Waals surface area (Å²) in [6, 6.07) is 5.45. The van der Waals surface area contributed by atoms with Crippen molar-refractivity contribution in [1.29, 1.82) is 0 Å². The van der Waals surface area contributed by atoms with Gasteiger partial charge in [0, 0.05) is 18.2 Å². The molecule has 0 spiro atoms. The molecule has 19 heavy (non-hydrogen) atoms. The Hall–Kier alpha value is -1.55. The third-order valence-electron chi connectivity index (χ3n) is 3.93. The maximum Gasteiger partial charge on any atom is 0.253 e. The van der Waals surface area contributed by atoms with Crippen molar-refractivity contribution in [3.8, 4) is 0 Å². The van der Waals surface area contributed by atoms with Crippen LogP contribution in [0.1, 0.15) is 41.6 Å². The third kappa shape index (κ3) is 3.26. The van der Waals surface area contributed by atoms with Crippen molar-refractivity contribution in [2.24, 2.45) is 5.92 Å². The van der Waals surface area contributed by atoms with E-state index in [1.54, 1.807) is 6.07 Å². The van der Waals surface area contributed by atoms with Crippen molar-refractivity contribution in [2.45, 2.75) is 38.7 Å². The Morgan fingerprint density at radius 2 is 2.16 bits per heavy atom. The van der Waals surface area contributed by atoms with Crippen LogP contribution in [0.4, 0.5) is 5.69 Å². The first-order chi connectivity index (χ1) is 9.09. The molecule has 1 amide bonds. The van der Waals surface area contributed by atoms with E-state index in [0.717, 1.165) is 31.2 Å². The average molecular weight is 262 g/mol. The van der Waals surface area contributed by atoms with Gasteiger partial charge in [0.1, 0.15) is 0 Å². The van der Waals surface area contributed by atoms with Crippen LogP contribution in [0.15, 0.2) is 18.2 Å². The highest BCUT2D eigenvalue weighted by Crippen LogP contribution is 2.24. The molecule has 1 aliphatic carbocycles. The maximum atomic E-state index is 12.2. The molecule has 1 aliphatic rings. The fourth-order valence-electron chi connectivity index (χ4n) is 2.74. The van der Waals surface area contributed by atoms with Crippen molar-refractivity contribution >= 4 is 11.6 Å². The van der Waals surface area contributed by atoms with E-state index in [9.17, 15) is 9.90 Å². The van der Waals surface area contributed by atoms with Crippen LogP contribution in [-0.4, -0.2) is 23.7 Å². The molecule has 4 N–H and O–H groups in total. The van der Waals surface area contributed by atoms with Gasteiger partial charge in [-0.3, -0.25) is 4.79 Å². The van der Waals surface area contributed by atoms with Gasteiger partial charge >= 0.3 is 0 Å². The molecule has 2 rings (SSSR count). The Labute approximate surface area is 114 Å². The van der Waals surface area contributed by atoms with Gasteiger partial charge in [0.15, 0.2) is 0 Å². The predicted octanol–water partition coefficient (Wildman–Crippen LogP) is 1.86. The second-order valence-electron chi connectivity index (χ2n) is 5.36. The average Bonchev–Trinajstić information content (AvgIpc) is 2.37. The molecule has 0 heterocycles. The predicted molar refractivity (Wildman–Crippen MR) is 75.9 cm³/mol. The number of aryl methyl sites for hydroxylation is 1. The lowest BCUT2D eigenvalue weighted by Gasteiger charge is -2.27. The number of hydrogen-bond donors (Lipinski definition) is 3. The zero-order valence-corrected chi connectivity index (χ0v) is 11.4. The van der Waals surface area contributed by atoms with Crippen LogP contribution in [0.3, 0.4) is 0 Å². The van der Waals surface area contributed by atoms with Crippen molar-refractivity contribution in [1.82, 2.24) is 5.32 Å². The Morgan fingerprint density at radius 3 is 2.84 bits per heavy atom. The highest BCUT2D eigenvalue weighted by atomic mass is 16.3. The number of anilines is 1. The Kier molecular flexibility index (Phi) is 4.43. The van der Waals surface area contributed by atoms with Crippen LogP contribution in [0.2, 0.25) is 0 Å². The molecule has 0 saturated heterocycles. The number of hydrogen-bond acceptors (Lipinski definition) is 3. The van der Waals surface area contributed by atoms with Crippen LogP contribution in [-0.2, 0) is 0 Å². The molecule has 1 fully saturated rings. The zero-order chi connectivity index (χ0) is 13.8. The molecule has 2 atom stereocenters. The number of carbonyl (C=O) groups excluding carboxylic acids is 1. The fraction of sp³-hybridized carbons (Fsp3) is 0.533. The molecule has 0 aromatic heterocycles. The normalized spacial score (nSPS) is 23.1. The molecule has 0 bridgehead atoms. The lowest BCUT2D eigenvalue weighted by molar-refractivity contribution is 0.0663. The summed E-state index contributed by atoms with van der Waals surface area (Å²) in [4.78, 5) is 12.2. The summed E-state index contributed by atoms with van der Waals surface area (Å²) < 4.78 is 0. The van der Waals surface area contributed by atoms with Crippen molar-refractivity contribution in [3.63, 3.8) is 0 Å². The molecule has 1 aromatic rings. The molecule has 0 aliphatic heterocycles. The molecule has 0 radical (unpaired) electrons. The number of rotatable bonds is 3. The van der Waals surface area contributed by atoms with E-state index in [1.807, 2.05) is 19.1 Å². The molecule has 104 valence electrons. The number of nitrogens with two attached hydrogens (primary N) is 1. The zero-order valence-electron chi connectivity index (χ0n) is 11.4. The van der Waals surface area contributed by atoms with Crippen LogP contribution in [0.5, 0.6) is 0 Å². The SMILES string of the molecule is Cc1cccc(N)c1C(=O)NCC1CCCCC1O. The van der Waals surface area contributed by atoms with Gasteiger partial charge < -0.3 is 16.2 Å². The van der Waals surface area contributed by atoms with Crippen LogP contribution in [0, 0.1) is 12.8 Å². The van der Waals surface area contributed by atoms with Crippen LogP contribution >= 0.6 is 0 Å². The van der Waals surface area contributed by atoms with Gasteiger partial charge in [0.05, 0.1) is 11.7 Å². The summed E-state index contributed by atoms with van der Waals surface area (Å²) in [7, 11) is 0. The summed E-state index contributed by atoms with van der Waals surface area (Å²) >= 11 is 0. The Balaban J connectivity index is 1.97. The van der Waals surface area contributed by atoms with Crippen molar-refractivity contribution in [3.05, 3.63) is 29.3 Å². The molecule has 2 unspecified atom stereocenters. The smallest absolute Gasteiger partial charge is 0.253 e. The van der Waals surface area contributed by atoms with Crippen molar-refractivity contribution in [2.75, 3.05) is 12.3 Å². The first-order valence-corrected chi connectivity index (χ1v) is 6.91. The number of amides is 1. The van der Waals surface area contributed by atoms with Gasteiger partial charge in [0.2, 0.25) is 0 Å². The monoisotopic (exact) mass is 262 g/mol. The second-order valence-corrected chi connectivity index (χ2v) is 5.36. The number of carbonyl (C=O) groups is 1. The van der Waals surface area contributed by atoms with Gasteiger partial charge in [-0.15, -0.1) is 0 Å². The maximum absolute atomic E-state index is 12.2. The summed E-state index contributed by atoms with van der Waals surface area (Å²) in [5.41, 5.74) is 7.78. The lowest BCUT2D eigenvalue weighted by Crippen LogP contribution is -2.37. The second kappa shape index (κ2) is 6.06. The molecular formula is C15H22N2O2. The minimum absolute atomic E-state index is 0.145. The van der Waals surface area contributed by atoms with Crippen LogP contribution < -0.4 is 11.1 Å². The highest BCUT2D eigenvalue weighted by Gasteiger charge is 2.24. The van der Waals surface area contributed by atoms with Gasteiger partial charge in [-0.1, -0.05) is 25.0 Å². The first-order valence-electron chi connectivity index (χ1n) is 6.91. The Morgan fingerprint density at radius 1 is 1.42 bits per heavy atom. The molecule has 1 saturated carbocycles. The summed E-state index contributed by atoms with van der Waals surface area (Å²) in [6.45, 7) is 2.40. The first kappa shape index (κ1) is 13.9. The van der Waals surface area contributed by atoms with Gasteiger partial charge in [-0.2, -0.15) is 0 Å². The molecule has 1 aromatic carbocycles. The van der Waals surface area contributed by atoms with E-state index in [-0.39, 0.29) is 17.9 Å². The largest absolute Gasteiger partial charge is 0.398 e. The minimum Gasteiger partial charge on any atom is -0.398 e. The molecule has 4 nitrogen and oxygen atoms in total. The Bertz CT molecular complexity index is 439. The van der Waals surface area contributed by atoms with Crippen LogP contribution in [0.25, 0.3) is 0 Å². The van der Waals surface area contributed by atoms with E-state index in [1.165, 1.54) is 0 Å². The summed E-state index contributed by atoms with van der Waals surface area (Å²) in [6.07, 6.45) is 3.74. The minimum atomic E-state index is -0.289. The van der Waals surface area contributed by atoms with E-state index < -0.39 is 0 Å². The van der Waals surface area contributed by atoms with Gasteiger partial charge in [-0.25, -0.2) is 0 Å². The third-order valence-corrected chi connectivity index (χ3v) is 3.93. The van der Waals surface area contributed by atoms with Gasteiger partial charge in [0.25, 0.3) is 5.91 Å². The topological polar surface area (TPSA) is 75.4 Å². The number of benzene rings is 1. The quantitative estimate of drug-likeness (QED) is 0.728. The molecule has 4 heteroatoms. The lowest BCUT2D eigenvalue weighted by atomic mass is 9.86. The fourth-order valence-corrected chi connectivity index (χ4v) is 2.74. The van der Waals surface area contributed by atoms with E-state index in [2.05, 4.69) is 5.32 Å². The van der Waals surface area contributed by atoms with E-state index in [4.69, 9.17) is 5.73 Å². The number of aliphatic hydroxyl groups is 1. The standard InChI is InChI=1S/C15H22N2O2/c1-10-5-4-7-12(16)14(10)15(19)17-9-11-6-2-3-8-13(11)18/h4-5,7,11,13,18H,2-3,6,8-9,16H2,1H3,(H,17,19).